The highest BCUT2D eigenvalue weighted by Gasteiger charge is 2.32. The molecule has 3 aromatic rings. The van der Waals surface area contributed by atoms with Crippen LogP contribution in [-0.2, 0) is 29.0 Å². The lowest BCUT2D eigenvalue weighted by atomic mass is 9.99. The summed E-state index contributed by atoms with van der Waals surface area (Å²) in [7, 11) is 0. The van der Waals surface area contributed by atoms with Gasteiger partial charge in [0.2, 0.25) is 11.8 Å². The molecule has 4 nitrogen and oxygen atoms in total. The summed E-state index contributed by atoms with van der Waals surface area (Å²) in [4.78, 5) is 28.8. The van der Waals surface area contributed by atoms with Gasteiger partial charge in [0.1, 0.15) is 11.9 Å². The number of hydrogen-bond acceptors (Lipinski definition) is 2. The molecule has 0 aliphatic heterocycles. The summed E-state index contributed by atoms with van der Waals surface area (Å²) in [6.45, 7) is 7.98. The van der Waals surface area contributed by atoms with Crippen LogP contribution in [0, 0.1) is 12.7 Å². The number of amides is 2. The smallest absolute Gasteiger partial charge is 0.243 e. The predicted octanol–water partition coefficient (Wildman–Crippen LogP) is 5.23. The van der Waals surface area contributed by atoms with Gasteiger partial charge in [0, 0.05) is 18.5 Å². The number of hydrogen-bond donors (Lipinski definition) is 1. The lowest BCUT2D eigenvalue weighted by Gasteiger charge is -2.34. The number of aryl methyl sites for hydroxylation is 1. The van der Waals surface area contributed by atoms with E-state index in [1.54, 1.807) is 23.1 Å². The van der Waals surface area contributed by atoms with Crippen LogP contribution in [0.25, 0.3) is 0 Å². The molecule has 3 rings (SSSR count). The van der Waals surface area contributed by atoms with Gasteiger partial charge in [-0.2, -0.15) is 0 Å². The summed E-state index contributed by atoms with van der Waals surface area (Å²) in [5.41, 5.74) is 2.78. The molecular weight excluding hydrogens is 427 g/mol. The first-order valence-corrected chi connectivity index (χ1v) is 11.6. The third kappa shape index (κ3) is 7.01. The molecule has 0 radical (unpaired) electrons. The highest BCUT2D eigenvalue weighted by atomic mass is 19.1. The number of halogens is 1. The Morgan fingerprint density at radius 3 is 2.09 bits per heavy atom. The molecule has 0 unspecified atom stereocenters. The fourth-order valence-electron chi connectivity index (χ4n) is 3.88. The Morgan fingerprint density at radius 2 is 1.47 bits per heavy atom. The van der Waals surface area contributed by atoms with E-state index in [2.05, 4.69) is 5.32 Å². The quantitative estimate of drug-likeness (QED) is 0.500. The maximum Gasteiger partial charge on any atom is 0.243 e. The van der Waals surface area contributed by atoms with Crippen molar-refractivity contribution >= 4 is 11.8 Å². The minimum absolute atomic E-state index is 0.118. The zero-order valence-corrected chi connectivity index (χ0v) is 20.3. The fourth-order valence-corrected chi connectivity index (χ4v) is 3.88. The molecule has 0 bridgehead atoms. The van der Waals surface area contributed by atoms with E-state index in [0.717, 1.165) is 16.7 Å². The zero-order valence-electron chi connectivity index (χ0n) is 20.3. The zero-order chi connectivity index (χ0) is 24.7. The number of benzene rings is 3. The van der Waals surface area contributed by atoms with E-state index in [9.17, 15) is 14.0 Å². The number of carbonyl (C=O) groups excluding carboxylic acids is 2. The normalized spacial score (nSPS) is 12.1. The maximum atomic E-state index is 14.4. The minimum atomic E-state index is -0.750. The molecule has 1 N–H and O–H groups in total. The number of carbonyl (C=O) groups is 2. The summed E-state index contributed by atoms with van der Waals surface area (Å²) in [5, 5.41) is 3.04. The van der Waals surface area contributed by atoms with Gasteiger partial charge in [-0.25, -0.2) is 4.39 Å². The predicted molar refractivity (Wildman–Crippen MR) is 134 cm³/mol. The lowest BCUT2D eigenvalue weighted by molar-refractivity contribution is -0.141. The molecule has 1 atom stereocenters. The molecular formula is C29H33FN2O2. The number of rotatable bonds is 8. The molecule has 0 spiro atoms. The summed E-state index contributed by atoms with van der Waals surface area (Å²) >= 11 is 0. The van der Waals surface area contributed by atoms with Gasteiger partial charge in [0.15, 0.2) is 0 Å². The Morgan fingerprint density at radius 1 is 0.882 bits per heavy atom. The van der Waals surface area contributed by atoms with Crippen LogP contribution in [0.2, 0.25) is 0 Å². The first-order valence-electron chi connectivity index (χ1n) is 11.6. The van der Waals surface area contributed by atoms with Gasteiger partial charge in [-0.15, -0.1) is 0 Å². The van der Waals surface area contributed by atoms with Crippen molar-refractivity contribution in [1.82, 2.24) is 10.2 Å². The van der Waals surface area contributed by atoms with Crippen molar-refractivity contribution in [3.63, 3.8) is 0 Å². The fraction of sp³-hybridized carbons (Fsp3) is 0.310. The largest absolute Gasteiger partial charge is 0.350 e. The van der Waals surface area contributed by atoms with Gasteiger partial charge in [-0.05, 0) is 56.0 Å². The van der Waals surface area contributed by atoms with E-state index in [1.165, 1.54) is 6.07 Å². The van der Waals surface area contributed by atoms with Crippen LogP contribution in [0.4, 0.5) is 4.39 Å². The van der Waals surface area contributed by atoms with Crippen molar-refractivity contribution in [1.29, 1.82) is 0 Å². The first kappa shape index (κ1) is 25.2. The monoisotopic (exact) mass is 460 g/mol. The van der Waals surface area contributed by atoms with Crippen LogP contribution in [0.15, 0.2) is 78.9 Å². The van der Waals surface area contributed by atoms with Crippen molar-refractivity contribution in [3.8, 4) is 0 Å². The minimum Gasteiger partial charge on any atom is -0.350 e. The van der Waals surface area contributed by atoms with E-state index in [1.807, 2.05) is 82.3 Å². The van der Waals surface area contributed by atoms with Crippen molar-refractivity contribution in [2.24, 2.45) is 0 Å². The van der Waals surface area contributed by atoms with Gasteiger partial charge in [-0.1, -0.05) is 72.8 Å². The third-order valence-electron chi connectivity index (χ3n) is 5.67. The van der Waals surface area contributed by atoms with Crippen molar-refractivity contribution in [2.75, 3.05) is 0 Å². The molecule has 178 valence electrons. The van der Waals surface area contributed by atoms with E-state index >= 15 is 0 Å². The second kappa shape index (κ2) is 11.1. The average molecular weight is 461 g/mol. The number of nitrogens with zero attached hydrogens (tertiary/aromatic N) is 1. The topological polar surface area (TPSA) is 49.4 Å². The van der Waals surface area contributed by atoms with Crippen LogP contribution in [0.1, 0.15) is 43.0 Å². The average Bonchev–Trinajstić information content (AvgIpc) is 2.78. The molecule has 0 aromatic heterocycles. The SMILES string of the molecule is Cc1ccccc1CN(C(=O)Cc1ccccc1F)[C@H](Cc1ccccc1)C(=O)NC(C)(C)C. The van der Waals surface area contributed by atoms with Gasteiger partial charge >= 0.3 is 0 Å². The Hall–Kier alpha value is -3.47. The van der Waals surface area contributed by atoms with Crippen LogP contribution in [0.5, 0.6) is 0 Å². The summed E-state index contributed by atoms with van der Waals surface area (Å²) in [5.74, 6) is -0.949. The Balaban J connectivity index is 2.01. The van der Waals surface area contributed by atoms with Crippen molar-refractivity contribution in [3.05, 3.63) is 107 Å². The summed E-state index contributed by atoms with van der Waals surface area (Å²) < 4.78 is 14.4. The molecule has 0 saturated carbocycles. The molecule has 0 fully saturated rings. The molecule has 3 aromatic carbocycles. The number of nitrogens with one attached hydrogen (secondary N) is 1. The van der Waals surface area contributed by atoms with E-state index < -0.39 is 17.4 Å². The van der Waals surface area contributed by atoms with Gasteiger partial charge in [-0.3, -0.25) is 9.59 Å². The standard InChI is InChI=1S/C29H33FN2O2/c1-21-12-8-9-16-24(21)20-32(27(33)19-23-15-10-11-17-25(23)30)26(28(34)31-29(2,3)4)18-22-13-6-5-7-14-22/h5-17,26H,18-20H2,1-4H3,(H,31,34)/t26-/m1/s1. The van der Waals surface area contributed by atoms with Crippen LogP contribution >= 0.6 is 0 Å². The summed E-state index contributed by atoms with van der Waals surface area (Å²) in [6, 6.07) is 23.0. The second-order valence-electron chi connectivity index (χ2n) is 9.66. The highest BCUT2D eigenvalue weighted by Crippen LogP contribution is 2.20. The Labute approximate surface area is 201 Å². The molecule has 34 heavy (non-hydrogen) atoms. The molecule has 5 heteroatoms. The first-order chi connectivity index (χ1) is 16.1. The lowest BCUT2D eigenvalue weighted by Crippen LogP contribution is -2.54. The highest BCUT2D eigenvalue weighted by molar-refractivity contribution is 5.89. The van der Waals surface area contributed by atoms with Crippen LogP contribution in [-0.4, -0.2) is 28.3 Å². The van der Waals surface area contributed by atoms with Crippen LogP contribution in [0.3, 0.4) is 0 Å². The molecule has 0 aliphatic rings. The molecule has 2 amide bonds. The van der Waals surface area contributed by atoms with Gasteiger partial charge in [0.25, 0.3) is 0 Å². The van der Waals surface area contributed by atoms with Gasteiger partial charge in [0.05, 0.1) is 6.42 Å². The van der Waals surface area contributed by atoms with Crippen LogP contribution < -0.4 is 5.32 Å². The van der Waals surface area contributed by atoms with Crippen molar-refractivity contribution < 1.29 is 14.0 Å². The van der Waals surface area contributed by atoms with E-state index in [0.29, 0.717) is 12.0 Å². The third-order valence-corrected chi connectivity index (χ3v) is 5.67. The van der Waals surface area contributed by atoms with E-state index in [-0.39, 0.29) is 24.8 Å². The molecule has 0 heterocycles. The van der Waals surface area contributed by atoms with Crippen molar-refractivity contribution in [2.45, 2.75) is 58.7 Å². The molecule has 0 aliphatic carbocycles. The summed E-state index contributed by atoms with van der Waals surface area (Å²) in [6.07, 6.45) is 0.240. The molecule has 0 saturated heterocycles. The Bertz CT molecular complexity index is 1120. The van der Waals surface area contributed by atoms with Gasteiger partial charge < -0.3 is 10.2 Å². The Kier molecular flexibility index (Phi) is 8.21. The van der Waals surface area contributed by atoms with E-state index in [4.69, 9.17) is 0 Å². The maximum absolute atomic E-state index is 14.4. The second-order valence-corrected chi connectivity index (χ2v) is 9.66.